The topological polar surface area (TPSA) is 143 Å². The van der Waals surface area contributed by atoms with Crippen molar-refractivity contribution in [2.45, 2.75) is 77.7 Å². The lowest BCUT2D eigenvalue weighted by Gasteiger charge is -2.34. The van der Waals surface area contributed by atoms with Gasteiger partial charge in [-0.25, -0.2) is 4.79 Å². The number of hydrogen-bond donors (Lipinski definition) is 5. The Hall–Kier alpha value is -4.90. The second kappa shape index (κ2) is 15.3. The maximum Gasteiger partial charge on any atom is 0.405 e. The first-order valence-corrected chi connectivity index (χ1v) is 16.6. The zero-order valence-corrected chi connectivity index (χ0v) is 27.9. The first kappa shape index (κ1) is 34.4. The Labute approximate surface area is 282 Å². The molecule has 11 nitrogen and oxygen atoms in total. The van der Waals surface area contributed by atoms with Crippen LogP contribution in [0.15, 0.2) is 78.9 Å². The Kier molecular flexibility index (Phi) is 11.0. The van der Waals surface area contributed by atoms with E-state index in [1.807, 2.05) is 66.7 Å². The Morgan fingerprint density at radius 1 is 0.833 bits per heavy atom. The number of carboxylic acid groups (broad SMARTS) is 1. The maximum atomic E-state index is 13.4. The molecule has 0 spiro atoms. The molecular formula is C37H46N6O5. The average Bonchev–Trinajstić information content (AvgIpc) is 3.78. The summed E-state index contributed by atoms with van der Waals surface area (Å²) in [6.07, 6.45) is 1.77. The molecule has 2 fully saturated rings. The molecule has 0 bridgehead atoms. The van der Waals surface area contributed by atoms with Gasteiger partial charge in [0.15, 0.2) is 0 Å². The summed E-state index contributed by atoms with van der Waals surface area (Å²) < 4.78 is 0. The number of amides is 4. The molecule has 48 heavy (non-hydrogen) atoms. The third-order valence-corrected chi connectivity index (χ3v) is 8.91. The van der Waals surface area contributed by atoms with Crippen LogP contribution in [0.1, 0.15) is 57.6 Å². The minimum atomic E-state index is -1.27. The third-order valence-electron chi connectivity index (χ3n) is 8.91. The highest BCUT2D eigenvalue weighted by Crippen LogP contribution is 2.27. The summed E-state index contributed by atoms with van der Waals surface area (Å²) in [6.45, 7) is 7.93. The molecule has 5 rings (SSSR count). The van der Waals surface area contributed by atoms with Gasteiger partial charge in [0.25, 0.3) is 0 Å². The number of nitrogens with one attached hydrogen (secondary N) is 4. The molecule has 3 aromatic rings. The molecule has 0 unspecified atom stereocenters. The number of likely N-dealkylation sites (tertiary alicyclic amines) is 1. The lowest BCUT2D eigenvalue weighted by molar-refractivity contribution is -0.140. The van der Waals surface area contributed by atoms with E-state index in [-0.39, 0.29) is 23.8 Å². The van der Waals surface area contributed by atoms with Gasteiger partial charge in [-0.15, -0.1) is 0 Å². The molecule has 0 radical (unpaired) electrons. The van der Waals surface area contributed by atoms with Crippen molar-refractivity contribution < 1.29 is 24.3 Å². The highest BCUT2D eigenvalue weighted by atomic mass is 16.4. The van der Waals surface area contributed by atoms with Gasteiger partial charge in [-0.2, -0.15) is 0 Å². The van der Waals surface area contributed by atoms with Gasteiger partial charge >= 0.3 is 6.09 Å². The largest absolute Gasteiger partial charge is 0.465 e. The lowest BCUT2D eigenvalue weighted by atomic mass is 9.85. The van der Waals surface area contributed by atoms with Crippen LogP contribution in [0, 0.1) is 5.41 Å². The van der Waals surface area contributed by atoms with Crippen molar-refractivity contribution >= 4 is 40.9 Å². The van der Waals surface area contributed by atoms with E-state index in [1.165, 1.54) is 4.90 Å². The van der Waals surface area contributed by atoms with Gasteiger partial charge in [0.2, 0.25) is 17.7 Å². The van der Waals surface area contributed by atoms with E-state index in [1.54, 1.807) is 20.8 Å². The molecule has 4 amide bonds. The van der Waals surface area contributed by atoms with E-state index in [4.69, 9.17) is 0 Å². The Morgan fingerprint density at radius 2 is 1.42 bits per heavy atom. The number of hydrogen-bond acceptors (Lipinski definition) is 6. The predicted octanol–water partition coefficient (Wildman–Crippen LogP) is 5.20. The number of benzene rings is 3. The zero-order chi connectivity index (χ0) is 34.3. The monoisotopic (exact) mass is 654 g/mol. The van der Waals surface area contributed by atoms with E-state index in [0.29, 0.717) is 38.2 Å². The normalized spacial score (nSPS) is 18.2. The molecular weight excluding hydrogens is 608 g/mol. The molecule has 5 N–H and O–H groups in total. The number of nitrogens with zero attached hydrogens (tertiary/aromatic N) is 2. The van der Waals surface area contributed by atoms with Crippen molar-refractivity contribution in [1.82, 2.24) is 15.5 Å². The van der Waals surface area contributed by atoms with Crippen LogP contribution in [-0.2, 0) is 27.5 Å². The lowest BCUT2D eigenvalue weighted by Crippen LogP contribution is -2.57. The molecule has 3 aromatic carbocycles. The quantitative estimate of drug-likeness (QED) is 0.191. The van der Waals surface area contributed by atoms with E-state index >= 15 is 0 Å². The SMILES string of the molecule is CC(C)(C)[C@H](NC(=O)O)C(=O)N1CCC[C@H]1C(=O)Nc1ccc(CN(Cc2ccc(NC(=O)[C@@H]3CCCN3)cc2)c2ccccc2)cc1. The summed E-state index contributed by atoms with van der Waals surface area (Å²) in [5.74, 6) is -0.677. The second-order valence-electron chi connectivity index (χ2n) is 13.7. The summed E-state index contributed by atoms with van der Waals surface area (Å²) in [6, 6.07) is 24.0. The van der Waals surface area contributed by atoms with Crippen molar-refractivity contribution in [2.75, 3.05) is 28.6 Å². The molecule has 3 atom stereocenters. The smallest absolute Gasteiger partial charge is 0.405 e. The van der Waals surface area contributed by atoms with Crippen molar-refractivity contribution in [2.24, 2.45) is 5.41 Å². The molecule has 0 aliphatic carbocycles. The Balaban J connectivity index is 1.22. The van der Waals surface area contributed by atoms with Crippen LogP contribution in [0.2, 0.25) is 0 Å². The highest BCUT2D eigenvalue weighted by molar-refractivity contribution is 5.99. The van der Waals surface area contributed by atoms with Crippen molar-refractivity contribution in [1.29, 1.82) is 0 Å². The molecule has 0 aromatic heterocycles. The Bertz CT molecular complexity index is 1570. The molecule has 2 heterocycles. The highest BCUT2D eigenvalue weighted by Gasteiger charge is 2.42. The second-order valence-corrected chi connectivity index (χ2v) is 13.7. The number of carbonyl (C=O) groups excluding carboxylic acids is 3. The van der Waals surface area contributed by atoms with E-state index < -0.39 is 23.6 Å². The van der Waals surface area contributed by atoms with E-state index in [2.05, 4.69) is 38.3 Å². The van der Waals surface area contributed by atoms with Gasteiger partial charge in [-0.05, 0) is 85.2 Å². The number of anilines is 3. The zero-order valence-electron chi connectivity index (χ0n) is 27.9. The molecule has 2 aliphatic rings. The van der Waals surface area contributed by atoms with Crippen LogP contribution < -0.4 is 26.2 Å². The fraction of sp³-hybridized carbons (Fsp3) is 0.405. The molecule has 2 aliphatic heterocycles. The van der Waals surface area contributed by atoms with Crippen LogP contribution in [0.5, 0.6) is 0 Å². The molecule has 0 saturated carbocycles. The molecule has 254 valence electrons. The average molecular weight is 655 g/mol. The number of carbonyl (C=O) groups is 4. The van der Waals surface area contributed by atoms with Gasteiger partial charge in [-0.1, -0.05) is 63.2 Å². The van der Waals surface area contributed by atoms with Crippen LogP contribution in [0.3, 0.4) is 0 Å². The van der Waals surface area contributed by atoms with Crippen molar-refractivity contribution in [3.05, 3.63) is 90.0 Å². The Morgan fingerprint density at radius 3 is 1.94 bits per heavy atom. The summed E-state index contributed by atoms with van der Waals surface area (Å²) >= 11 is 0. The third kappa shape index (κ3) is 8.92. The maximum absolute atomic E-state index is 13.4. The summed E-state index contributed by atoms with van der Waals surface area (Å²) in [7, 11) is 0. The van der Waals surface area contributed by atoms with Gasteiger partial charge in [0, 0.05) is 36.7 Å². The van der Waals surface area contributed by atoms with Crippen molar-refractivity contribution in [3.63, 3.8) is 0 Å². The van der Waals surface area contributed by atoms with Crippen LogP contribution in [0.4, 0.5) is 21.9 Å². The predicted molar refractivity (Wildman–Crippen MR) is 187 cm³/mol. The first-order valence-electron chi connectivity index (χ1n) is 16.6. The van der Waals surface area contributed by atoms with Gasteiger partial charge in [-0.3, -0.25) is 14.4 Å². The minimum absolute atomic E-state index is 0.00192. The van der Waals surface area contributed by atoms with Crippen LogP contribution in [-0.4, -0.2) is 65.0 Å². The standard InChI is InChI=1S/C37H46N6O5/c1-37(2,3)32(41-36(47)48)35(46)43-22-8-12-31(43)34(45)40-28-19-15-26(16-20-28)24-42(29-9-5-4-6-10-29)23-25-13-17-27(18-14-25)39-33(44)30-11-7-21-38-30/h4-6,9-10,13-20,30-32,38,41H,7-8,11-12,21-24H2,1-3H3,(H,39,44)(H,40,45)(H,47,48)/t30-,31-,32+/m0/s1. The summed E-state index contributed by atoms with van der Waals surface area (Å²) in [5.41, 5.74) is 3.96. The van der Waals surface area contributed by atoms with Gasteiger partial charge in [0.05, 0.1) is 6.04 Å². The summed E-state index contributed by atoms with van der Waals surface area (Å²) in [5, 5.41) is 20.9. The van der Waals surface area contributed by atoms with Crippen LogP contribution >= 0.6 is 0 Å². The molecule has 11 heteroatoms. The fourth-order valence-electron chi connectivity index (χ4n) is 6.31. The van der Waals surface area contributed by atoms with Crippen molar-refractivity contribution in [3.8, 4) is 0 Å². The minimum Gasteiger partial charge on any atom is -0.465 e. The van der Waals surface area contributed by atoms with Gasteiger partial charge in [0.1, 0.15) is 12.1 Å². The number of para-hydroxylation sites is 1. The summed E-state index contributed by atoms with van der Waals surface area (Å²) in [4.78, 5) is 54.4. The van der Waals surface area contributed by atoms with Gasteiger partial charge < -0.3 is 36.2 Å². The van der Waals surface area contributed by atoms with E-state index in [0.717, 1.165) is 41.9 Å². The number of rotatable bonds is 11. The first-order chi connectivity index (χ1) is 23.0. The van der Waals surface area contributed by atoms with Crippen LogP contribution in [0.25, 0.3) is 0 Å². The van der Waals surface area contributed by atoms with E-state index in [9.17, 15) is 24.3 Å². The fourth-order valence-corrected chi connectivity index (χ4v) is 6.31. The molecule has 2 saturated heterocycles.